The van der Waals surface area contributed by atoms with E-state index in [1.807, 2.05) is 22.6 Å². The van der Waals surface area contributed by atoms with Crippen LogP contribution in [0.15, 0.2) is 6.07 Å². The van der Waals surface area contributed by atoms with Crippen LogP contribution in [-0.2, 0) is 0 Å². The summed E-state index contributed by atoms with van der Waals surface area (Å²) in [4.78, 5) is 14.2. The molecule has 0 N–H and O–H groups in total. The fourth-order valence-corrected chi connectivity index (χ4v) is 1.58. The van der Waals surface area contributed by atoms with Gasteiger partial charge in [0.25, 0.3) is 11.7 Å². The summed E-state index contributed by atoms with van der Waals surface area (Å²) < 4.78 is 25.4. The Morgan fingerprint density at radius 2 is 2.21 bits per heavy atom. The standard InChI is InChI=1S/C8H5ClF2INO/c1-3-4(12)2-5(7(9)14)13-6(3)8(10)11/h2,8H,1H3. The molecule has 14 heavy (non-hydrogen) atoms. The Morgan fingerprint density at radius 1 is 1.64 bits per heavy atom. The SMILES string of the molecule is Cc1c(I)cc(C(=O)Cl)nc1C(F)F. The first-order chi connectivity index (χ1) is 6.43. The minimum absolute atomic E-state index is 0.142. The fraction of sp³-hybridized carbons (Fsp3) is 0.250. The van der Waals surface area contributed by atoms with Gasteiger partial charge in [0.15, 0.2) is 0 Å². The molecule has 0 aliphatic carbocycles. The van der Waals surface area contributed by atoms with Crippen molar-refractivity contribution in [2.24, 2.45) is 0 Å². The van der Waals surface area contributed by atoms with Gasteiger partial charge in [-0.25, -0.2) is 13.8 Å². The number of hydrogen-bond donors (Lipinski definition) is 0. The van der Waals surface area contributed by atoms with Crippen LogP contribution in [0, 0.1) is 10.5 Å². The molecule has 0 spiro atoms. The highest BCUT2D eigenvalue weighted by atomic mass is 127. The van der Waals surface area contributed by atoms with Crippen LogP contribution in [0.2, 0.25) is 0 Å². The van der Waals surface area contributed by atoms with Crippen molar-refractivity contribution < 1.29 is 13.6 Å². The first kappa shape index (κ1) is 11.8. The summed E-state index contributed by atoms with van der Waals surface area (Å²) in [6, 6.07) is 1.39. The molecule has 0 aromatic carbocycles. The topological polar surface area (TPSA) is 30.0 Å². The van der Waals surface area contributed by atoms with Gasteiger partial charge in [-0.1, -0.05) is 0 Å². The molecule has 1 heterocycles. The average Bonchev–Trinajstić information content (AvgIpc) is 2.08. The van der Waals surface area contributed by atoms with Gasteiger partial charge in [-0.2, -0.15) is 0 Å². The van der Waals surface area contributed by atoms with E-state index in [2.05, 4.69) is 4.98 Å². The summed E-state index contributed by atoms with van der Waals surface area (Å²) in [5, 5.41) is -0.829. The molecule has 0 radical (unpaired) electrons. The summed E-state index contributed by atoms with van der Waals surface area (Å²) in [6.45, 7) is 1.53. The molecule has 1 aromatic rings. The minimum atomic E-state index is -2.69. The van der Waals surface area contributed by atoms with Crippen LogP contribution < -0.4 is 0 Å². The number of carbonyl (C=O) groups excluding carboxylic acids is 1. The van der Waals surface area contributed by atoms with E-state index in [1.165, 1.54) is 13.0 Å². The van der Waals surface area contributed by atoms with Crippen molar-refractivity contribution in [2.75, 3.05) is 0 Å². The van der Waals surface area contributed by atoms with E-state index in [-0.39, 0.29) is 11.4 Å². The number of halogens is 4. The van der Waals surface area contributed by atoms with Crippen molar-refractivity contribution >= 4 is 39.4 Å². The van der Waals surface area contributed by atoms with E-state index in [4.69, 9.17) is 11.6 Å². The lowest BCUT2D eigenvalue weighted by molar-refractivity contribution is 0.107. The maximum absolute atomic E-state index is 12.4. The van der Waals surface area contributed by atoms with Gasteiger partial charge in [0.1, 0.15) is 11.4 Å². The predicted molar refractivity (Wildman–Crippen MR) is 56.8 cm³/mol. The number of rotatable bonds is 2. The zero-order chi connectivity index (χ0) is 10.9. The third kappa shape index (κ3) is 2.38. The lowest BCUT2D eigenvalue weighted by Gasteiger charge is -2.06. The van der Waals surface area contributed by atoms with Crippen molar-refractivity contribution in [3.63, 3.8) is 0 Å². The first-order valence-corrected chi connectivity index (χ1v) is 5.04. The van der Waals surface area contributed by atoms with Crippen molar-refractivity contribution in [2.45, 2.75) is 13.3 Å². The smallest absolute Gasteiger partial charge is 0.274 e. The molecular formula is C8H5ClF2INO. The van der Waals surface area contributed by atoms with Crippen LogP contribution in [0.1, 0.15) is 28.2 Å². The predicted octanol–water partition coefficient (Wildman–Crippen LogP) is 3.31. The molecule has 0 aliphatic heterocycles. The summed E-state index contributed by atoms with van der Waals surface area (Å²) in [5.41, 5.74) is -0.153. The van der Waals surface area contributed by atoms with Crippen LogP contribution in [0.3, 0.4) is 0 Å². The normalized spacial score (nSPS) is 10.7. The molecular weight excluding hydrogens is 326 g/mol. The molecule has 1 rings (SSSR count). The molecule has 0 saturated carbocycles. The van der Waals surface area contributed by atoms with Crippen molar-refractivity contribution in [1.82, 2.24) is 4.98 Å². The summed E-state index contributed by atoms with van der Waals surface area (Å²) in [6.07, 6.45) is -2.69. The van der Waals surface area contributed by atoms with Crippen LogP contribution in [0.5, 0.6) is 0 Å². The number of alkyl halides is 2. The highest BCUT2D eigenvalue weighted by molar-refractivity contribution is 14.1. The van der Waals surface area contributed by atoms with Gasteiger partial charge >= 0.3 is 0 Å². The van der Waals surface area contributed by atoms with Gasteiger partial charge in [-0.3, -0.25) is 4.79 Å². The minimum Gasteiger partial charge on any atom is -0.274 e. The summed E-state index contributed by atoms with van der Waals surface area (Å²) in [7, 11) is 0. The van der Waals surface area contributed by atoms with E-state index in [0.717, 1.165) is 0 Å². The van der Waals surface area contributed by atoms with Crippen LogP contribution in [0.4, 0.5) is 8.78 Å². The van der Waals surface area contributed by atoms with Gasteiger partial charge in [0, 0.05) is 3.57 Å². The maximum atomic E-state index is 12.4. The lowest BCUT2D eigenvalue weighted by atomic mass is 10.2. The summed E-state index contributed by atoms with van der Waals surface area (Å²) >= 11 is 7.01. The number of carbonyl (C=O) groups is 1. The first-order valence-electron chi connectivity index (χ1n) is 3.58. The highest BCUT2D eigenvalue weighted by Gasteiger charge is 2.17. The Labute approximate surface area is 97.8 Å². The second kappa shape index (κ2) is 4.48. The molecule has 0 aliphatic rings. The van der Waals surface area contributed by atoms with Crippen LogP contribution in [0.25, 0.3) is 0 Å². The third-order valence-electron chi connectivity index (χ3n) is 1.65. The number of nitrogens with zero attached hydrogens (tertiary/aromatic N) is 1. The van der Waals surface area contributed by atoms with Crippen molar-refractivity contribution in [1.29, 1.82) is 0 Å². The lowest BCUT2D eigenvalue weighted by Crippen LogP contribution is -2.04. The highest BCUT2D eigenvalue weighted by Crippen LogP contribution is 2.25. The Balaban J connectivity index is 3.35. The molecule has 0 bridgehead atoms. The quantitative estimate of drug-likeness (QED) is 0.615. The zero-order valence-electron chi connectivity index (χ0n) is 7.02. The zero-order valence-corrected chi connectivity index (χ0v) is 9.94. The molecule has 0 unspecified atom stereocenters. The molecule has 76 valence electrons. The van der Waals surface area contributed by atoms with Gasteiger partial charge in [0.05, 0.1) is 0 Å². The molecule has 2 nitrogen and oxygen atoms in total. The molecule has 0 saturated heterocycles. The largest absolute Gasteiger partial charge is 0.280 e. The van der Waals surface area contributed by atoms with Gasteiger partial charge in [0.2, 0.25) is 0 Å². The number of hydrogen-bond acceptors (Lipinski definition) is 2. The monoisotopic (exact) mass is 331 g/mol. The van der Waals surface area contributed by atoms with E-state index < -0.39 is 11.7 Å². The molecule has 0 amide bonds. The fourth-order valence-electron chi connectivity index (χ4n) is 0.910. The van der Waals surface area contributed by atoms with Crippen molar-refractivity contribution in [3.05, 3.63) is 26.6 Å². The second-order valence-electron chi connectivity index (χ2n) is 2.57. The van der Waals surface area contributed by atoms with Crippen molar-refractivity contribution in [3.8, 4) is 0 Å². The number of aromatic nitrogens is 1. The Kier molecular flexibility index (Phi) is 3.77. The number of pyridine rings is 1. The molecule has 0 fully saturated rings. The Morgan fingerprint density at radius 3 is 2.64 bits per heavy atom. The molecule has 1 aromatic heterocycles. The second-order valence-corrected chi connectivity index (χ2v) is 4.08. The maximum Gasteiger partial charge on any atom is 0.280 e. The Bertz CT molecular complexity index is 384. The van der Waals surface area contributed by atoms with Gasteiger partial charge in [-0.05, 0) is 52.7 Å². The van der Waals surface area contributed by atoms with E-state index in [0.29, 0.717) is 9.13 Å². The van der Waals surface area contributed by atoms with E-state index >= 15 is 0 Å². The molecule has 6 heteroatoms. The van der Waals surface area contributed by atoms with E-state index in [9.17, 15) is 13.6 Å². The average molecular weight is 331 g/mol. The van der Waals surface area contributed by atoms with Gasteiger partial charge < -0.3 is 0 Å². The van der Waals surface area contributed by atoms with Crippen LogP contribution >= 0.6 is 34.2 Å². The van der Waals surface area contributed by atoms with Crippen LogP contribution in [-0.4, -0.2) is 10.2 Å². The Hall–Kier alpha value is -0.300. The third-order valence-corrected chi connectivity index (χ3v) is 2.97. The summed E-state index contributed by atoms with van der Waals surface area (Å²) in [5.74, 6) is 0. The van der Waals surface area contributed by atoms with E-state index in [1.54, 1.807) is 0 Å². The van der Waals surface area contributed by atoms with Gasteiger partial charge in [-0.15, -0.1) is 0 Å². The molecule has 0 atom stereocenters.